The van der Waals surface area contributed by atoms with Gasteiger partial charge in [0.2, 0.25) is 0 Å². The molecule has 0 bridgehead atoms. The van der Waals surface area contributed by atoms with Crippen LogP contribution in [0.5, 0.6) is 0 Å². The van der Waals surface area contributed by atoms with E-state index in [4.69, 9.17) is 0 Å². The number of rotatable bonds is 14. The Kier molecular flexibility index (Phi) is 15.1. The molecule has 2 N–H and O–H groups in total. The van der Waals surface area contributed by atoms with E-state index in [1.807, 2.05) is 13.8 Å². The number of nitrogens with one attached hydrogen (secondary N) is 2. The molecule has 3 nitrogen and oxygen atoms in total. The molecule has 0 aromatic heterocycles. The topological polar surface area (TPSA) is 41.1 Å². The highest BCUT2D eigenvalue weighted by Crippen LogP contribution is 2.11. The maximum absolute atomic E-state index is 11.3. The first-order valence-corrected chi connectivity index (χ1v) is 9.21. The Morgan fingerprint density at radius 3 is 1.62 bits per heavy atom. The lowest BCUT2D eigenvalue weighted by molar-refractivity contribution is 0.238. The highest BCUT2D eigenvalue weighted by molar-refractivity contribution is 5.73. The Hall–Kier alpha value is -0.730. The molecular formula is C18H38N2O. The molecule has 0 fully saturated rings. The highest BCUT2D eigenvalue weighted by atomic mass is 16.2. The van der Waals surface area contributed by atoms with Crippen molar-refractivity contribution in [2.24, 2.45) is 0 Å². The second kappa shape index (κ2) is 15.7. The number of amides is 2. The van der Waals surface area contributed by atoms with Crippen LogP contribution in [0.15, 0.2) is 0 Å². The summed E-state index contributed by atoms with van der Waals surface area (Å²) in [5.74, 6) is 0. The predicted octanol–water partition coefficient (Wildman–Crippen LogP) is 5.40. The lowest BCUT2D eigenvalue weighted by Gasteiger charge is -2.09. The number of hydrogen-bond acceptors (Lipinski definition) is 1. The summed E-state index contributed by atoms with van der Waals surface area (Å²) in [4.78, 5) is 11.3. The van der Waals surface area contributed by atoms with Crippen LogP contribution in [0.25, 0.3) is 0 Å². The Morgan fingerprint density at radius 1 is 0.762 bits per heavy atom. The van der Waals surface area contributed by atoms with Crippen molar-refractivity contribution in [3.8, 4) is 0 Å². The average molecular weight is 299 g/mol. The zero-order valence-corrected chi connectivity index (χ0v) is 14.7. The van der Waals surface area contributed by atoms with E-state index >= 15 is 0 Å². The summed E-state index contributed by atoms with van der Waals surface area (Å²) in [7, 11) is 0. The molecule has 126 valence electrons. The lowest BCUT2D eigenvalue weighted by Crippen LogP contribution is -2.39. The largest absolute Gasteiger partial charge is 0.338 e. The molecule has 0 aliphatic heterocycles. The molecule has 0 saturated carbocycles. The van der Waals surface area contributed by atoms with Crippen LogP contribution in [0.1, 0.15) is 97.8 Å². The van der Waals surface area contributed by atoms with Gasteiger partial charge in [-0.2, -0.15) is 0 Å². The third-order valence-electron chi connectivity index (χ3n) is 3.74. The molecule has 0 saturated heterocycles. The first kappa shape index (κ1) is 20.3. The van der Waals surface area contributed by atoms with Gasteiger partial charge in [-0.05, 0) is 20.3 Å². The van der Waals surface area contributed by atoms with Crippen molar-refractivity contribution in [1.82, 2.24) is 10.6 Å². The molecule has 0 spiro atoms. The van der Waals surface area contributed by atoms with Crippen molar-refractivity contribution in [1.29, 1.82) is 0 Å². The fourth-order valence-corrected chi connectivity index (χ4v) is 2.48. The normalized spacial score (nSPS) is 10.9. The minimum absolute atomic E-state index is 0.0342. The van der Waals surface area contributed by atoms with E-state index < -0.39 is 0 Å². The molecule has 0 aromatic carbocycles. The summed E-state index contributed by atoms with van der Waals surface area (Å²) in [6.45, 7) is 7.02. The average Bonchev–Trinajstić information content (AvgIpc) is 2.43. The van der Waals surface area contributed by atoms with Gasteiger partial charge in [-0.25, -0.2) is 4.79 Å². The SMILES string of the molecule is CCCCCCCCCCCCCCNC(=O)NC(C)C. The van der Waals surface area contributed by atoms with E-state index in [1.54, 1.807) is 0 Å². The molecule has 0 unspecified atom stereocenters. The molecule has 0 aliphatic rings. The summed E-state index contributed by atoms with van der Waals surface area (Å²) in [5, 5.41) is 5.74. The predicted molar refractivity (Wildman–Crippen MR) is 92.7 cm³/mol. The minimum atomic E-state index is -0.0342. The zero-order chi connectivity index (χ0) is 15.8. The van der Waals surface area contributed by atoms with Gasteiger partial charge in [-0.15, -0.1) is 0 Å². The summed E-state index contributed by atoms with van der Waals surface area (Å²) in [6.07, 6.45) is 16.2. The zero-order valence-electron chi connectivity index (χ0n) is 14.7. The molecule has 3 heteroatoms. The van der Waals surface area contributed by atoms with Gasteiger partial charge >= 0.3 is 6.03 Å². The van der Waals surface area contributed by atoms with Crippen LogP contribution in [0.3, 0.4) is 0 Å². The molecule has 0 rings (SSSR count). The van der Waals surface area contributed by atoms with Gasteiger partial charge in [-0.3, -0.25) is 0 Å². The van der Waals surface area contributed by atoms with Crippen LogP contribution in [-0.2, 0) is 0 Å². The van der Waals surface area contributed by atoms with Crippen LogP contribution in [-0.4, -0.2) is 18.6 Å². The molecule has 2 amide bonds. The number of carbonyl (C=O) groups is 1. The van der Waals surface area contributed by atoms with E-state index in [0.29, 0.717) is 0 Å². The van der Waals surface area contributed by atoms with Gasteiger partial charge < -0.3 is 10.6 Å². The van der Waals surface area contributed by atoms with Crippen molar-refractivity contribution in [3.63, 3.8) is 0 Å². The van der Waals surface area contributed by atoms with Crippen LogP contribution in [0.4, 0.5) is 4.79 Å². The fraction of sp³-hybridized carbons (Fsp3) is 0.944. The van der Waals surface area contributed by atoms with Crippen molar-refractivity contribution < 1.29 is 4.79 Å². The first-order chi connectivity index (χ1) is 10.2. The van der Waals surface area contributed by atoms with Gasteiger partial charge in [-0.1, -0.05) is 77.6 Å². The molecule has 0 radical (unpaired) electrons. The smallest absolute Gasteiger partial charge is 0.314 e. The Balaban J connectivity index is 3.07. The number of carbonyl (C=O) groups excluding carboxylic acids is 1. The van der Waals surface area contributed by atoms with Gasteiger partial charge in [0.15, 0.2) is 0 Å². The molecule has 0 atom stereocenters. The minimum Gasteiger partial charge on any atom is -0.338 e. The van der Waals surface area contributed by atoms with E-state index in [2.05, 4.69) is 17.6 Å². The first-order valence-electron chi connectivity index (χ1n) is 9.21. The highest BCUT2D eigenvalue weighted by Gasteiger charge is 2.00. The van der Waals surface area contributed by atoms with Crippen molar-refractivity contribution in [3.05, 3.63) is 0 Å². The standard InChI is InChI=1S/C18H38N2O/c1-4-5-6-7-8-9-10-11-12-13-14-15-16-19-18(21)20-17(2)3/h17H,4-16H2,1-3H3,(H2,19,20,21). The fourth-order valence-electron chi connectivity index (χ4n) is 2.48. The van der Waals surface area contributed by atoms with Gasteiger partial charge in [0.25, 0.3) is 0 Å². The van der Waals surface area contributed by atoms with E-state index in [9.17, 15) is 4.79 Å². The Morgan fingerprint density at radius 2 is 1.19 bits per heavy atom. The van der Waals surface area contributed by atoms with Gasteiger partial charge in [0, 0.05) is 12.6 Å². The molecule has 21 heavy (non-hydrogen) atoms. The molecule has 0 heterocycles. The van der Waals surface area contributed by atoms with Crippen LogP contribution < -0.4 is 10.6 Å². The van der Waals surface area contributed by atoms with Crippen molar-refractivity contribution in [2.45, 2.75) is 104 Å². The summed E-state index contributed by atoms with van der Waals surface area (Å²) in [6, 6.07) is 0.181. The lowest BCUT2D eigenvalue weighted by atomic mass is 10.1. The second-order valence-electron chi connectivity index (χ2n) is 6.44. The number of urea groups is 1. The summed E-state index contributed by atoms with van der Waals surface area (Å²) in [5.41, 5.74) is 0. The quantitative estimate of drug-likeness (QED) is 0.414. The van der Waals surface area contributed by atoms with Crippen molar-refractivity contribution >= 4 is 6.03 Å². The summed E-state index contributed by atoms with van der Waals surface area (Å²) >= 11 is 0. The third-order valence-corrected chi connectivity index (χ3v) is 3.74. The molecule has 0 aromatic rings. The number of hydrogen-bond donors (Lipinski definition) is 2. The number of unbranched alkanes of at least 4 members (excludes halogenated alkanes) is 11. The Labute approximate surface area is 132 Å². The molecule has 0 aliphatic carbocycles. The maximum atomic E-state index is 11.3. The van der Waals surface area contributed by atoms with E-state index in [0.717, 1.165) is 13.0 Å². The van der Waals surface area contributed by atoms with E-state index in [1.165, 1.54) is 70.6 Å². The third kappa shape index (κ3) is 17.2. The van der Waals surface area contributed by atoms with Crippen molar-refractivity contribution in [2.75, 3.05) is 6.54 Å². The Bertz CT molecular complexity index is 229. The van der Waals surface area contributed by atoms with Gasteiger partial charge in [0.1, 0.15) is 0 Å². The second-order valence-corrected chi connectivity index (χ2v) is 6.44. The van der Waals surface area contributed by atoms with Crippen LogP contribution in [0.2, 0.25) is 0 Å². The molecular weight excluding hydrogens is 260 g/mol. The maximum Gasteiger partial charge on any atom is 0.314 e. The van der Waals surface area contributed by atoms with Crippen LogP contribution >= 0.6 is 0 Å². The van der Waals surface area contributed by atoms with E-state index in [-0.39, 0.29) is 12.1 Å². The summed E-state index contributed by atoms with van der Waals surface area (Å²) < 4.78 is 0. The monoisotopic (exact) mass is 298 g/mol. The van der Waals surface area contributed by atoms with Gasteiger partial charge in [0.05, 0.1) is 0 Å². The van der Waals surface area contributed by atoms with Crippen LogP contribution in [0, 0.1) is 0 Å².